The number of halogens is 5. The number of aryl methyl sites for hydroxylation is 1. The van der Waals surface area contributed by atoms with Crippen LogP contribution in [0.25, 0.3) is 0 Å². The molecule has 0 radical (unpaired) electrons. The molecule has 108 valence electrons. The molecule has 1 atom stereocenters. The SMILES string of the molecule is CNC(c1c(F)c(F)c(F)c(F)c1F)c1cnnn1C. The molecule has 1 unspecified atom stereocenters. The summed E-state index contributed by atoms with van der Waals surface area (Å²) in [6.07, 6.45) is 1.17. The van der Waals surface area contributed by atoms with Crippen molar-refractivity contribution in [3.05, 3.63) is 46.5 Å². The second kappa shape index (κ2) is 5.16. The van der Waals surface area contributed by atoms with Gasteiger partial charge < -0.3 is 5.32 Å². The predicted octanol–water partition coefficient (Wildman–Crippen LogP) is 1.82. The molecule has 2 rings (SSSR count). The molecule has 2 aromatic rings. The van der Waals surface area contributed by atoms with E-state index in [1.807, 2.05) is 0 Å². The van der Waals surface area contributed by atoms with E-state index in [1.165, 1.54) is 25.0 Å². The van der Waals surface area contributed by atoms with Gasteiger partial charge in [-0.1, -0.05) is 5.21 Å². The van der Waals surface area contributed by atoms with E-state index in [1.54, 1.807) is 0 Å². The molecule has 9 heteroatoms. The van der Waals surface area contributed by atoms with Crippen LogP contribution in [0.4, 0.5) is 22.0 Å². The summed E-state index contributed by atoms with van der Waals surface area (Å²) in [5.74, 6) is -9.95. The van der Waals surface area contributed by atoms with Crippen molar-refractivity contribution in [2.45, 2.75) is 6.04 Å². The van der Waals surface area contributed by atoms with Gasteiger partial charge in [0.05, 0.1) is 23.5 Å². The Balaban J connectivity index is 2.71. The molecule has 1 aromatic heterocycles. The van der Waals surface area contributed by atoms with E-state index in [-0.39, 0.29) is 5.69 Å². The number of aromatic nitrogens is 3. The smallest absolute Gasteiger partial charge is 0.200 e. The fourth-order valence-corrected chi connectivity index (χ4v) is 1.87. The fourth-order valence-electron chi connectivity index (χ4n) is 1.87. The Labute approximate surface area is 110 Å². The van der Waals surface area contributed by atoms with Crippen molar-refractivity contribution in [1.29, 1.82) is 0 Å². The standard InChI is InChI=1S/C11H9F5N4/c1-17-11(4-3-18-19-20(4)2)5-6(12)8(14)10(16)9(15)7(5)13/h3,11,17H,1-2H3. The van der Waals surface area contributed by atoms with Crippen LogP contribution in [0.1, 0.15) is 17.3 Å². The highest BCUT2D eigenvalue weighted by Gasteiger charge is 2.31. The first-order valence-corrected chi connectivity index (χ1v) is 5.43. The summed E-state index contributed by atoms with van der Waals surface area (Å²) < 4.78 is 68.1. The molecule has 1 N–H and O–H groups in total. The molecule has 0 aliphatic rings. The second-order valence-corrected chi connectivity index (χ2v) is 3.99. The van der Waals surface area contributed by atoms with Crippen molar-refractivity contribution < 1.29 is 22.0 Å². The van der Waals surface area contributed by atoms with Crippen molar-refractivity contribution in [1.82, 2.24) is 20.3 Å². The molecule has 0 aliphatic heterocycles. The van der Waals surface area contributed by atoms with Gasteiger partial charge in [0.1, 0.15) is 0 Å². The van der Waals surface area contributed by atoms with Crippen molar-refractivity contribution in [2.75, 3.05) is 7.05 Å². The third-order valence-electron chi connectivity index (χ3n) is 2.87. The maximum Gasteiger partial charge on any atom is 0.200 e. The Morgan fingerprint density at radius 3 is 1.90 bits per heavy atom. The van der Waals surface area contributed by atoms with E-state index in [4.69, 9.17) is 0 Å². The summed E-state index contributed by atoms with van der Waals surface area (Å²) in [7, 11) is 2.74. The summed E-state index contributed by atoms with van der Waals surface area (Å²) in [5, 5.41) is 9.54. The zero-order valence-corrected chi connectivity index (χ0v) is 10.4. The van der Waals surface area contributed by atoms with E-state index in [0.717, 1.165) is 0 Å². The molecular formula is C11H9F5N4. The van der Waals surface area contributed by atoms with Crippen LogP contribution in [0, 0.1) is 29.1 Å². The van der Waals surface area contributed by atoms with Crippen LogP contribution in [-0.4, -0.2) is 22.0 Å². The molecule has 1 aromatic carbocycles. The summed E-state index contributed by atoms with van der Waals surface area (Å²) in [6.45, 7) is 0. The minimum absolute atomic E-state index is 0.149. The monoisotopic (exact) mass is 292 g/mol. The molecule has 0 bridgehead atoms. The van der Waals surface area contributed by atoms with Crippen LogP contribution in [0.5, 0.6) is 0 Å². The van der Waals surface area contributed by atoms with Gasteiger partial charge in [-0.3, -0.25) is 4.68 Å². The van der Waals surface area contributed by atoms with Gasteiger partial charge in [0.2, 0.25) is 5.82 Å². The molecule has 0 spiro atoms. The number of rotatable bonds is 3. The quantitative estimate of drug-likeness (QED) is 0.533. The maximum absolute atomic E-state index is 13.8. The number of benzene rings is 1. The lowest BCUT2D eigenvalue weighted by atomic mass is 10.0. The van der Waals surface area contributed by atoms with Crippen LogP contribution in [0.2, 0.25) is 0 Å². The Morgan fingerprint density at radius 2 is 1.50 bits per heavy atom. The Morgan fingerprint density at radius 1 is 1.00 bits per heavy atom. The van der Waals surface area contributed by atoms with Crippen LogP contribution < -0.4 is 5.32 Å². The first-order valence-electron chi connectivity index (χ1n) is 5.43. The molecule has 0 aliphatic carbocycles. The third kappa shape index (κ3) is 2.03. The number of nitrogens with zero attached hydrogens (tertiary/aromatic N) is 3. The van der Waals surface area contributed by atoms with Crippen LogP contribution >= 0.6 is 0 Å². The van der Waals surface area contributed by atoms with E-state index in [9.17, 15) is 22.0 Å². The second-order valence-electron chi connectivity index (χ2n) is 3.99. The third-order valence-corrected chi connectivity index (χ3v) is 2.87. The average Bonchev–Trinajstić information content (AvgIpc) is 2.85. The summed E-state index contributed by atoms with van der Waals surface area (Å²) in [6, 6.07) is -1.28. The van der Waals surface area contributed by atoms with Crippen molar-refractivity contribution in [3.63, 3.8) is 0 Å². The predicted molar refractivity (Wildman–Crippen MR) is 58.1 cm³/mol. The summed E-state index contributed by atoms with van der Waals surface area (Å²) >= 11 is 0. The van der Waals surface area contributed by atoms with E-state index < -0.39 is 40.7 Å². The molecule has 0 amide bonds. The van der Waals surface area contributed by atoms with Crippen LogP contribution in [-0.2, 0) is 7.05 Å². The Bertz CT molecular complexity index is 625. The average molecular weight is 292 g/mol. The largest absolute Gasteiger partial charge is 0.308 e. The molecule has 0 saturated heterocycles. The lowest BCUT2D eigenvalue weighted by Gasteiger charge is -2.18. The normalized spacial score (nSPS) is 12.8. The van der Waals surface area contributed by atoms with Gasteiger partial charge in [-0.25, -0.2) is 22.0 Å². The lowest BCUT2D eigenvalue weighted by Crippen LogP contribution is -2.24. The molecule has 0 fully saturated rings. The summed E-state index contributed by atoms with van der Waals surface area (Å²) in [5.41, 5.74) is -0.829. The zero-order valence-electron chi connectivity index (χ0n) is 10.4. The fraction of sp³-hybridized carbons (Fsp3) is 0.273. The Hall–Kier alpha value is -2.03. The van der Waals surface area contributed by atoms with E-state index in [2.05, 4.69) is 15.6 Å². The summed E-state index contributed by atoms with van der Waals surface area (Å²) in [4.78, 5) is 0. The van der Waals surface area contributed by atoms with Gasteiger partial charge in [-0.2, -0.15) is 0 Å². The maximum atomic E-state index is 13.8. The van der Waals surface area contributed by atoms with Crippen LogP contribution in [0.3, 0.4) is 0 Å². The topological polar surface area (TPSA) is 42.7 Å². The zero-order chi connectivity index (χ0) is 15.0. The van der Waals surface area contributed by atoms with E-state index >= 15 is 0 Å². The molecule has 0 saturated carbocycles. The Kier molecular flexibility index (Phi) is 3.71. The van der Waals surface area contributed by atoms with Crippen LogP contribution in [0.15, 0.2) is 6.20 Å². The number of hydrogen-bond acceptors (Lipinski definition) is 3. The van der Waals surface area contributed by atoms with Crippen molar-refractivity contribution >= 4 is 0 Å². The minimum atomic E-state index is -2.19. The first kappa shape index (κ1) is 14.4. The van der Waals surface area contributed by atoms with Gasteiger partial charge in [0.15, 0.2) is 23.3 Å². The molecular weight excluding hydrogens is 283 g/mol. The highest BCUT2D eigenvalue weighted by atomic mass is 19.2. The number of hydrogen-bond donors (Lipinski definition) is 1. The number of nitrogens with one attached hydrogen (secondary N) is 1. The van der Waals surface area contributed by atoms with Crippen molar-refractivity contribution in [3.8, 4) is 0 Å². The van der Waals surface area contributed by atoms with E-state index in [0.29, 0.717) is 0 Å². The van der Waals surface area contributed by atoms with Gasteiger partial charge >= 0.3 is 0 Å². The van der Waals surface area contributed by atoms with Gasteiger partial charge in [-0.05, 0) is 7.05 Å². The molecule has 4 nitrogen and oxygen atoms in total. The minimum Gasteiger partial charge on any atom is -0.308 e. The molecule has 20 heavy (non-hydrogen) atoms. The van der Waals surface area contributed by atoms with Gasteiger partial charge in [0.25, 0.3) is 0 Å². The van der Waals surface area contributed by atoms with Gasteiger partial charge in [0, 0.05) is 7.05 Å². The highest BCUT2D eigenvalue weighted by molar-refractivity contribution is 5.32. The highest BCUT2D eigenvalue weighted by Crippen LogP contribution is 2.30. The van der Waals surface area contributed by atoms with Gasteiger partial charge in [-0.15, -0.1) is 5.10 Å². The molecule has 1 heterocycles. The van der Waals surface area contributed by atoms with Crippen molar-refractivity contribution in [2.24, 2.45) is 7.05 Å². The lowest BCUT2D eigenvalue weighted by molar-refractivity contribution is 0.362. The first-order chi connectivity index (χ1) is 9.40.